The number of sulfonamides is 1. The van der Waals surface area contributed by atoms with Crippen LogP contribution in [0.5, 0.6) is 5.75 Å². The Kier molecular flexibility index (Phi) is 5.84. The lowest BCUT2D eigenvalue weighted by Gasteiger charge is -2.10. The quantitative estimate of drug-likeness (QED) is 0.325. The Hall–Kier alpha value is -4.19. The van der Waals surface area contributed by atoms with Crippen molar-refractivity contribution >= 4 is 38.3 Å². The summed E-state index contributed by atoms with van der Waals surface area (Å²) in [7, 11) is -3.94. The predicted molar refractivity (Wildman–Crippen MR) is 117 cm³/mol. The van der Waals surface area contributed by atoms with Gasteiger partial charge in [0, 0.05) is 16.9 Å². The maximum atomic E-state index is 12.7. The van der Waals surface area contributed by atoms with Gasteiger partial charge in [-0.05, 0) is 66.7 Å². The normalized spacial score (nSPS) is 11.5. The molecule has 0 aliphatic rings. The lowest BCUT2D eigenvalue weighted by molar-refractivity contribution is -0.0498. The third kappa shape index (κ3) is 5.18. The molecule has 0 bridgehead atoms. The largest absolute Gasteiger partial charge is 0.435 e. The summed E-state index contributed by atoms with van der Waals surface area (Å²) in [6.45, 7) is -2.94. The van der Waals surface area contributed by atoms with E-state index in [1.165, 1.54) is 66.7 Å². The van der Waals surface area contributed by atoms with E-state index >= 15 is 0 Å². The smallest absolute Gasteiger partial charge is 0.387 e. The number of rotatable bonds is 7. The minimum absolute atomic E-state index is 0.0401. The van der Waals surface area contributed by atoms with Crippen LogP contribution in [0.4, 0.5) is 20.2 Å². The van der Waals surface area contributed by atoms with Gasteiger partial charge in [-0.3, -0.25) is 9.52 Å². The summed E-state index contributed by atoms with van der Waals surface area (Å²) >= 11 is 0. The highest BCUT2D eigenvalue weighted by Crippen LogP contribution is 2.21. The van der Waals surface area contributed by atoms with Crippen molar-refractivity contribution in [2.24, 2.45) is 0 Å². The number of hydrogen-bond donors (Lipinski definition) is 4. The van der Waals surface area contributed by atoms with Gasteiger partial charge in [-0.1, -0.05) is 0 Å². The Morgan fingerprint density at radius 2 is 1.52 bits per heavy atom. The highest BCUT2D eigenvalue weighted by Gasteiger charge is 2.16. The third-order valence-electron chi connectivity index (χ3n) is 4.53. The van der Waals surface area contributed by atoms with Crippen LogP contribution >= 0.6 is 0 Å². The second kappa shape index (κ2) is 8.74. The molecule has 0 aliphatic carbocycles. The lowest BCUT2D eigenvalue weighted by Crippen LogP contribution is -2.14. The number of aromatic amines is 2. The van der Waals surface area contributed by atoms with Crippen molar-refractivity contribution < 1.29 is 26.7 Å². The van der Waals surface area contributed by atoms with E-state index < -0.39 is 28.2 Å². The minimum atomic E-state index is -3.94. The van der Waals surface area contributed by atoms with Gasteiger partial charge in [-0.2, -0.15) is 8.78 Å². The van der Waals surface area contributed by atoms with E-state index in [9.17, 15) is 26.8 Å². The number of H-pyrrole nitrogens is 2. The summed E-state index contributed by atoms with van der Waals surface area (Å²) in [5.74, 6) is -0.518. The van der Waals surface area contributed by atoms with Crippen LogP contribution in [0, 0.1) is 0 Å². The summed E-state index contributed by atoms with van der Waals surface area (Å²) < 4.78 is 56.4. The van der Waals surface area contributed by atoms with Crippen molar-refractivity contribution in [3.63, 3.8) is 0 Å². The number of amides is 1. The standard InChI is InChI=1S/C21H16F2N4O5S/c22-20(23)32-15-7-5-13(6-8-15)24-19(28)12-1-3-14(4-2-12)27-33(30,31)16-9-10-17-18(11-16)26-21(29)25-17/h1-11,20,27H,(H,24,28)(H2,25,26,29). The van der Waals surface area contributed by atoms with E-state index in [0.717, 1.165) is 0 Å². The summed E-state index contributed by atoms with van der Waals surface area (Å²) in [5, 5.41) is 2.60. The van der Waals surface area contributed by atoms with Crippen LogP contribution in [0.2, 0.25) is 0 Å². The molecule has 170 valence electrons. The molecule has 0 fully saturated rings. The van der Waals surface area contributed by atoms with Crippen molar-refractivity contribution in [3.05, 3.63) is 82.8 Å². The topological polar surface area (TPSA) is 133 Å². The molecule has 0 radical (unpaired) electrons. The average molecular weight is 474 g/mol. The Morgan fingerprint density at radius 3 is 2.18 bits per heavy atom. The molecule has 1 heterocycles. The van der Waals surface area contributed by atoms with E-state index in [0.29, 0.717) is 16.7 Å². The first-order chi connectivity index (χ1) is 15.7. The van der Waals surface area contributed by atoms with Crippen molar-refractivity contribution in [3.8, 4) is 5.75 Å². The van der Waals surface area contributed by atoms with Gasteiger partial charge in [-0.25, -0.2) is 13.2 Å². The minimum Gasteiger partial charge on any atom is -0.435 e. The zero-order valence-electron chi connectivity index (χ0n) is 16.6. The highest BCUT2D eigenvalue weighted by atomic mass is 32.2. The van der Waals surface area contributed by atoms with Crippen LogP contribution in [0.25, 0.3) is 11.0 Å². The molecule has 3 aromatic carbocycles. The Bertz CT molecular complexity index is 1460. The van der Waals surface area contributed by atoms with Crippen molar-refractivity contribution in [2.75, 3.05) is 10.0 Å². The fourth-order valence-corrected chi connectivity index (χ4v) is 4.09. The number of alkyl halides is 2. The van der Waals surface area contributed by atoms with Crippen molar-refractivity contribution in [1.29, 1.82) is 0 Å². The Labute approximate surface area is 185 Å². The number of hydrogen-bond acceptors (Lipinski definition) is 5. The molecule has 4 rings (SSSR count). The van der Waals surface area contributed by atoms with Gasteiger partial charge in [0.2, 0.25) is 0 Å². The molecule has 9 nitrogen and oxygen atoms in total. The zero-order chi connectivity index (χ0) is 23.6. The van der Waals surface area contributed by atoms with E-state index in [1.54, 1.807) is 0 Å². The summed E-state index contributed by atoms with van der Waals surface area (Å²) in [4.78, 5) is 28.7. The number of imidazole rings is 1. The molecule has 12 heteroatoms. The molecule has 0 spiro atoms. The van der Waals surface area contributed by atoms with Gasteiger partial charge < -0.3 is 20.0 Å². The van der Waals surface area contributed by atoms with Gasteiger partial charge in [0.05, 0.1) is 15.9 Å². The number of carbonyl (C=O) groups excluding carboxylic acids is 1. The first kappa shape index (κ1) is 22.0. The van der Waals surface area contributed by atoms with Gasteiger partial charge in [0.15, 0.2) is 0 Å². The van der Waals surface area contributed by atoms with E-state index in [4.69, 9.17) is 0 Å². The number of anilines is 2. The summed E-state index contributed by atoms with van der Waals surface area (Å²) in [6, 6.07) is 15.2. The van der Waals surface area contributed by atoms with Crippen LogP contribution in [-0.4, -0.2) is 30.9 Å². The second-order valence-electron chi connectivity index (χ2n) is 6.83. The molecule has 1 aromatic heterocycles. The molecule has 1 amide bonds. The Morgan fingerprint density at radius 1 is 0.879 bits per heavy atom. The maximum Gasteiger partial charge on any atom is 0.387 e. The molecular formula is C21H16F2N4O5S. The monoisotopic (exact) mass is 474 g/mol. The number of fused-ring (bicyclic) bond motifs is 1. The number of nitrogens with one attached hydrogen (secondary N) is 4. The van der Waals surface area contributed by atoms with Crippen molar-refractivity contribution in [2.45, 2.75) is 11.5 Å². The van der Waals surface area contributed by atoms with E-state index in [-0.39, 0.29) is 21.9 Å². The SMILES string of the molecule is O=C(Nc1ccc(OC(F)F)cc1)c1ccc(NS(=O)(=O)c2ccc3[nH]c(=O)[nH]c3c2)cc1. The third-order valence-corrected chi connectivity index (χ3v) is 5.91. The first-order valence-electron chi connectivity index (χ1n) is 9.41. The molecule has 0 saturated carbocycles. The molecule has 0 atom stereocenters. The van der Waals surface area contributed by atoms with E-state index in [2.05, 4.69) is 24.7 Å². The molecule has 0 saturated heterocycles. The Balaban J connectivity index is 1.43. The fraction of sp³-hybridized carbons (Fsp3) is 0.0476. The molecule has 4 N–H and O–H groups in total. The molecular weight excluding hydrogens is 458 g/mol. The van der Waals surface area contributed by atoms with Crippen LogP contribution in [0.1, 0.15) is 10.4 Å². The van der Waals surface area contributed by atoms with E-state index in [1.807, 2.05) is 0 Å². The van der Waals surface area contributed by atoms with Gasteiger partial charge in [0.25, 0.3) is 15.9 Å². The number of aromatic nitrogens is 2. The molecule has 33 heavy (non-hydrogen) atoms. The first-order valence-corrected chi connectivity index (χ1v) is 10.9. The lowest BCUT2D eigenvalue weighted by atomic mass is 10.2. The van der Waals surface area contributed by atoms with Gasteiger partial charge in [0.1, 0.15) is 5.75 Å². The van der Waals surface area contributed by atoms with Crippen molar-refractivity contribution in [1.82, 2.24) is 9.97 Å². The van der Waals surface area contributed by atoms with Crippen LogP contribution < -0.4 is 20.5 Å². The number of ether oxygens (including phenoxy) is 1. The second-order valence-corrected chi connectivity index (χ2v) is 8.51. The van der Waals surface area contributed by atoms with Crippen LogP contribution in [0.15, 0.2) is 76.4 Å². The van der Waals surface area contributed by atoms with Gasteiger partial charge in [-0.15, -0.1) is 0 Å². The molecule has 0 unspecified atom stereocenters. The molecule has 0 aliphatic heterocycles. The predicted octanol–water partition coefficient (Wildman–Crippen LogP) is 3.51. The van der Waals surface area contributed by atoms with Crippen LogP contribution in [-0.2, 0) is 10.0 Å². The number of carbonyl (C=O) groups is 1. The fourth-order valence-electron chi connectivity index (χ4n) is 3.01. The number of benzene rings is 3. The maximum absolute atomic E-state index is 12.7. The summed E-state index contributed by atoms with van der Waals surface area (Å²) in [5.41, 5.74) is 1.22. The van der Waals surface area contributed by atoms with Crippen LogP contribution in [0.3, 0.4) is 0 Å². The average Bonchev–Trinajstić information content (AvgIpc) is 3.14. The summed E-state index contributed by atoms with van der Waals surface area (Å²) in [6.07, 6.45) is 0. The van der Waals surface area contributed by atoms with Gasteiger partial charge >= 0.3 is 12.3 Å². The number of halogens is 2. The molecule has 4 aromatic rings. The highest BCUT2D eigenvalue weighted by molar-refractivity contribution is 7.92. The zero-order valence-corrected chi connectivity index (χ0v) is 17.5.